The van der Waals surface area contributed by atoms with Gasteiger partial charge in [-0.25, -0.2) is 15.0 Å². The van der Waals surface area contributed by atoms with E-state index in [2.05, 4.69) is 138 Å². The molecule has 4 N–H and O–H groups in total. The van der Waals surface area contributed by atoms with Crippen molar-refractivity contribution in [2.24, 2.45) is 21.7 Å². The molecular formula is C60H84N4O4. The lowest BCUT2D eigenvalue weighted by atomic mass is 9.72. The maximum absolute atomic E-state index is 11.3. The van der Waals surface area contributed by atoms with Crippen LogP contribution in [0.1, 0.15) is 192 Å². The van der Waals surface area contributed by atoms with Gasteiger partial charge in [-0.05, 0) is 140 Å². The third-order valence-corrected chi connectivity index (χ3v) is 12.5. The zero-order valence-electron chi connectivity index (χ0n) is 45.3. The van der Waals surface area contributed by atoms with Gasteiger partial charge in [-0.2, -0.15) is 5.26 Å². The summed E-state index contributed by atoms with van der Waals surface area (Å²) < 4.78 is 0. The molecular weight excluding hydrogens is 841 g/mol. The van der Waals surface area contributed by atoms with Gasteiger partial charge in [-0.3, -0.25) is 0 Å². The molecule has 4 aromatic carbocycles. The van der Waals surface area contributed by atoms with Crippen LogP contribution in [0.4, 0.5) is 0 Å². The van der Waals surface area contributed by atoms with Crippen molar-refractivity contribution in [3.63, 3.8) is 0 Å². The minimum absolute atomic E-state index is 0.00243. The van der Waals surface area contributed by atoms with E-state index in [1.807, 2.05) is 48.5 Å². The first kappa shape index (κ1) is 55.2. The van der Waals surface area contributed by atoms with Crippen LogP contribution in [-0.2, 0) is 21.7 Å². The molecule has 1 aromatic heterocycles. The van der Waals surface area contributed by atoms with Crippen molar-refractivity contribution >= 4 is 0 Å². The molecule has 0 saturated carbocycles. The van der Waals surface area contributed by atoms with Crippen molar-refractivity contribution in [1.29, 1.82) is 5.26 Å². The second-order valence-corrected chi connectivity index (χ2v) is 26.8. The second kappa shape index (κ2) is 19.5. The molecule has 0 saturated heterocycles. The van der Waals surface area contributed by atoms with Crippen LogP contribution in [0.15, 0.2) is 72.8 Å². The molecule has 0 radical (unpaired) electrons. The lowest BCUT2D eigenvalue weighted by molar-refractivity contribution is 0.283. The molecule has 1 heterocycles. The zero-order chi connectivity index (χ0) is 51.8. The van der Waals surface area contributed by atoms with Gasteiger partial charge in [0.1, 0.15) is 29.1 Å². The van der Waals surface area contributed by atoms with Crippen LogP contribution in [0.5, 0.6) is 23.0 Å². The zero-order valence-corrected chi connectivity index (χ0v) is 45.3. The number of rotatable bonds is 11. The van der Waals surface area contributed by atoms with Crippen LogP contribution in [0, 0.1) is 33.0 Å². The fourth-order valence-corrected chi connectivity index (χ4v) is 10.9. The summed E-state index contributed by atoms with van der Waals surface area (Å²) in [5, 5.41) is 52.5. The first-order valence-electron chi connectivity index (χ1n) is 24.2. The van der Waals surface area contributed by atoms with Crippen molar-refractivity contribution in [2.45, 2.75) is 186 Å². The largest absolute Gasteiger partial charge is 0.507 e. The van der Waals surface area contributed by atoms with Crippen LogP contribution < -0.4 is 0 Å². The Hall–Kier alpha value is -5.42. The SMILES string of the molecule is CC(C)(C)CC(C)(C)c1ccc(O)c(-c2nc(-c3cc(C(C)(C)CC(C)(C)C)ccc3O)nc(-c3cc(C(C)(C)CC(C)(C)C)ccc3O)n2)c1.CC(C)(C)CC(C)(C)c1ccc(O)c(C#N)c1. The van der Waals surface area contributed by atoms with Gasteiger partial charge in [0.2, 0.25) is 0 Å². The highest BCUT2D eigenvalue weighted by molar-refractivity contribution is 5.75. The van der Waals surface area contributed by atoms with E-state index in [4.69, 9.17) is 20.2 Å². The second-order valence-electron chi connectivity index (χ2n) is 26.8. The number of aromatic hydroxyl groups is 4. The Balaban J connectivity index is 0.000000498. The van der Waals surface area contributed by atoms with E-state index in [0.717, 1.165) is 47.9 Å². The van der Waals surface area contributed by atoms with Gasteiger partial charge in [-0.15, -0.1) is 0 Å². The van der Waals surface area contributed by atoms with E-state index in [-0.39, 0.29) is 83.8 Å². The average molecular weight is 925 g/mol. The molecule has 368 valence electrons. The Morgan fingerprint density at radius 2 is 0.574 bits per heavy atom. The van der Waals surface area contributed by atoms with Crippen LogP contribution in [0.3, 0.4) is 0 Å². The van der Waals surface area contributed by atoms with Crippen LogP contribution in [-0.4, -0.2) is 35.4 Å². The Morgan fingerprint density at radius 1 is 0.353 bits per heavy atom. The van der Waals surface area contributed by atoms with Gasteiger partial charge in [0.15, 0.2) is 17.5 Å². The fourth-order valence-electron chi connectivity index (χ4n) is 10.9. The van der Waals surface area contributed by atoms with Crippen molar-refractivity contribution in [2.75, 3.05) is 0 Å². The van der Waals surface area contributed by atoms with E-state index in [9.17, 15) is 20.4 Å². The molecule has 8 heteroatoms. The first-order valence-corrected chi connectivity index (χ1v) is 24.2. The molecule has 0 atom stereocenters. The molecule has 0 bridgehead atoms. The minimum atomic E-state index is -0.199. The van der Waals surface area contributed by atoms with Crippen molar-refractivity contribution in [3.8, 4) is 63.2 Å². The van der Waals surface area contributed by atoms with E-state index < -0.39 is 0 Å². The minimum Gasteiger partial charge on any atom is -0.507 e. The molecule has 0 aliphatic carbocycles. The van der Waals surface area contributed by atoms with Crippen LogP contribution >= 0.6 is 0 Å². The normalized spacial score (nSPS) is 13.2. The van der Waals surface area contributed by atoms with Crippen molar-refractivity contribution in [3.05, 3.63) is 101 Å². The number of phenols is 4. The molecule has 0 aliphatic rings. The number of benzene rings is 4. The Bertz CT molecular complexity index is 2390. The summed E-state index contributed by atoms with van der Waals surface area (Å²) in [7, 11) is 0. The molecule has 0 aliphatic heterocycles. The molecule has 0 spiro atoms. The molecule has 68 heavy (non-hydrogen) atoms. The standard InChI is InChI=1S/C45H63N3O3.C15H21NO/c1-40(2,3)25-43(10,11)28-16-19-34(49)31(22-28)37-46-38(32-23-29(17-20-35(32)50)44(12,13)26-41(4,5)6)48-39(47-37)33-24-30(18-21-36(33)51)45(14,15)27-42(7,8)9;1-14(2,3)10-15(4,5)12-6-7-13(17)11(8-12)9-16/h16-24,49-51H,25-27H2,1-15H3;6-8,17H,10H2,1-5H3. The Morgan fingerprint density at radius 3 is 0.794 bits per heavy atom. The Labute approximate surface area is 410 Å². The third kappa shape index (κ3) is 14.8. The summed E-state index contributed by atoms with van der Waals surface area (Å²) in [5.41, 5.74) is 5.89. The van der Waals surface area contributed by atoms with Crippen molar-refractivity contribution < 1.29 is 20.4 Å². The lowest BCUT2D eigenvalue weighted by Gasteiger charge is -2.33. The molecule has 0 unspecified atom stereocenters. The topological polar surface area (TPSA) is 143 Å². The quantitative estimate of drug-likeness (QED) is 0.103. The number of aromatic nitrogens is 3. The highest BCUT2D eigenvalue weighted by atomic mass is 16.3. The fraction of sp³-hybridized carbons (Fsp3) is 0.533. The first-order chi connectivity index (χ1) is 30.7. The van der Waals surface area contributed by atoms with Crippen LogP contribution in [0.2, 0.25) is 0 Å². The third-order valence-electron chi connectivity index (χ3n) is 12.5. The van der Waals surface area contributed by atoms with E-state index >= 15 is 0 Å². The smallest absolute Gasteiger partial charge is 0.167 e. The van der Waals surface area contributed by atoms with E-state index in [1.165, 1.54) is 0 Å². The van der Waals surface area contributed by atoms with Gasteiger partial charge in [0, 0.05) is 0 Å². The van der Waals surface area contributed by atoms with Crippen molar-refractivity contribution in [1.82, 2.24) is 15.0 Å². The summed E-state index contributed by atoms with van der Waals surface area (Å²) in [6.45, 7) is 44.3. The number of nitriles is 1. The maximum Gasteiger partial charge on any atom is 0.167 e. The highest BCUT2D eigenvalue weighted by Crippen LogP contribution is 2.44. The average Bonchev–Trinajstić information content (AvgIpc) is 3.14. The molecule has 8 nitrogen and oxygen atoms in total. The number of nitrogens with zero attached hydrogens (tertiary/aromatic N) is 4. The Kier molecular flexibility index (Phi) is 15.8. The molecule has 5 rings (SSSR count). The lowest BCUT2D eigenvalue weighted by Crippen LogP contribution is -2.25. The van der Waals surface area contributed by atoms with E-state index in [1.54, 1.807) is 30.3 Å². The molecule has 0 amide bonds. The summed E-state index contributed by atoms with van der Waals surface area (Å²) in [6.07, 6.45) is 3.80. The summed E-state index contributed by atoms with van der Waals surface area (Å²) >= 11 is 0. The van der Waals surface area contributed by atoms with E-state index in [0.29, 0.717) is 22.3 Å². The molecule has 0 fully saturated rings. The van der Waals surface area contributed by atoms with Gasteiger partial charge in [0.05, 0.1) is 22.3 Å². The van der Waals surface area contributed by atoms with Gasteiger partial charge in [-0.1, -0.05) is 163 Å². The summed E-state index contributed by atoms with van der Waals surface area (Å²) in [4.78, 5) is 14.8. The predicted octanol–water partition coefficient (Wildman–Crippen LogP) is 16.1. The van der Waals surface area contributed by atoms with Crippen LogP contribution in [0.25, 0.3) is 34.2 Å². The van der Waals surface area contributed by atoms with Gasteiger partial charge < -0.3 is 20.4 Å². The maximum atomic E-state index is 11.3. The summed E-state index contributed by atoms with van der Waals surface area (Å²) in [5.74, 6) is 0.976. The monoisotopic (exact) mass is 925 g/mol. The number of phenolic OH excluding ortho intramolecular Hbond substituents is 4. The summed E-state index contributed by atoms with van der Waals surface area (Å²) in [6, 6.07) is 24.2. The highest BCUT2D eigenvalue weighted by Gasteiger charge is 2.33. The predicted molar refractivity (Wildman–Crippen MR) is 282 cm³/mol. The number of hydrogen-bond donors (Lipinski definition) is 4. The van der Waals surface area contributed by atoms with Gasteiger partial charge in [0.25, 0.3) is 0 Å². The molecule has 5 aromatic rings. The van der Waals surface area contributed by atoms with Gasteiger partial charge >= 0.3 is 0 Å². The number of hydrogen-bond acceptors (Lipinski definition) is 8.